The summed E-state index contributed by atoms with van der Waals surface area (Å²) in [5, 5.41) is 0. The number of hydrogen-bond donors (Lipinski definition) is 1. The molecule has 0 spiro atoms. The molecule has 66 valence electrons. The summed E-state index contributed by atoms with van der Waals surface area (Å²) in [6, 6.07) is 8.73. The van der Waals surface area contributed by atoms with Gasteiger partial charge in [0.2, 0.25) is 0 Å². The Labute approximate surface area is 74.6 Å². The summed E-state index contributed by atoms with van der Waals surface area (Å²) in [6.45, 7) is 4.20. The number of hydrogen-bond acceptors (Lipinski definition) is 1. The Hall–Kier alpha value is -0.820. The van der Waals surface area contributed by atoms with Crippen LogP contribution < -0.4 is 5.73 Å². The van der Waals surface area contributed by atoms with Crippen molar-refractivity contribution in [2.75, 3.05) is 0 Å². The van der Waals surface area contributed by atoms with Gasteiger partial charge in [-0.1, -0.05) is 37.6 Å². The van der Waals surface area contributed by atoms with Crippen LogP contribution in [-0.4, -0.2) is 0 Å². The number of nitrogens with two attached hydrogens (primary N) is 1. The van der Waals surface area contributed by atoms with E-state index in [0.717, 1.165) is 0 Å². The van der Waals surface area contributed by atoms with Crippen LogP contribution in [0.5, 0.6) is 0 Å². The van der Waals surface area contributed by atoms with Crippen molar-refractivity contribution in [1.82, 2.24) is 0 Å². The largest absolute Gasteiger partial charge is 0.324 e. The first kappa shape index (κ1) is 9.27. The highest BCUT2D eigenvalue weighted by molar-refractivity contribution is 5.24. The van der Waals surface area contributed by atoms with Crippen LogP contribution in [0, 0.1) is 0 Å². The summed E-state index contributed by atoms with van der Waals surface area (Å²) in [6.07, 6.45) is 2.37. The molecule has 0 fully saturated rings. The lowest BCUT2D eigenvalue weighted by Crippen LogP contribution is -2.04. The van der Waals surface area contributed by atoms with Gasteiger partial charge >= 0.3 is 0 Å². The Kier molecular flexibility index (Phi) is 3.30. The molecule has 0 radical (unpaired) electrons. The lowest BCUT2D eigenvalue weighted by Gasteiger charge is -2.05. The van der Waals surface area contributed by atoms with E-state index in [4.69, 9.17) is 5.73 Å². The van der Waals surface area contributed by atoms with Gasteiger partial charge in [-0.15, -0.1) is 0 Å². The molecule has 1 unspecified atom stereocenters. The molecule has 0 amide bonds. The maximum atomic E-state index is 5.74. The van der Waals surface area contributed by atoms with Crippen molar-refractivity contribution >= 4 is 0 Å². The van der Waals surface area contributed by atoms with E-state index in [1.807, 2.05) is 6.92 Å². The Bertz CT molecular complexity index is 223. The van der Waals surface area contributed by atoms with Crippen molar-refractivity contribution in [3.8, 4) is 0 Å². The third-order valence-corrected chi connectivity index (χ3v) is 2.04. The smallest absolute Gasteiger partial charge is 0.0266 e. The van der Waals surface area contributed by atoms with Crippen LogP contribution in [-0.2, 0) is 6.42 Å². The Morgan fingerprint density at radius 1 is 1.25 bits per heavy atom. The Morgan fingerprint density at radius 2 is 1.83 bits per heavy atom. The summed E-state index contributed by atoms with van der Waals surface area (Å²) in [4.78, 5) is 0. The summed E-state index contributed by atoms with van der Waals surface area (Å²) in [5.74, 6) is 0. The molecule has 1 nitrogen and oxygen atoms in total. The van der Waals surface area contributed by atoms with Crippen LogP contribution in [0.15, 0.2) is 24.3 Å². The van der Waals surface area contributed by atoms with E-state index in [0.29, 0.717) is 0 Å². The van der Waals surface area contributed by atoms with Crippen LogP contribution in [0.4, 0.5) is 0 Å². The normalized spacial score (nSPS) is 12.9. The molecular formula is C11H17N. The molecule has 0 aliphatic rings. The zero-order valence-corrected chi connectivity index (χ0v) is 7.88. The summed E-state index contributed by atoms with van der Waals surface area (Å²) >= 11 is 0. The van der Waals surface area contributed by atoms with Gasteiger partial charge in [-0.3, -0.25) is 0 Å². The van der Waals surface area contributed by atoms with Gasteiger partial charge in [0.1, 0.15) is 0 Å². The second kappa shape index (κ2) is 4.27. The maximum absolute atomic E-state index is 5.74. The fourth-order valence-corrected chi connectivity index (χ4v) is 1.28. The first-order valence-electron chi connectivity index (χ1n) is 4.58. The van der Waals surface area contributed by atoms with E-state index in [-0.39, 0.29) is 6.04 Å². The lowest BCUT2D eigenvalue weighted by molar-refractivity contribution is 0.815. The zero-order valence-electron chi connectivity index (χ0n) is 7.88. The van der Waals surface area contributed by atoms with E-state index in [1.165, 1.54) is 24.0 Å². The van der Waals surface area contributed by atoms with E-state index in [9.17, 15) is 0 Å². The van der Waals surface area contributed by atoms with Gasteiger partial charge in [0, 0.05) is 6.04 Å². The average Bonchev–Trinajstić information content (AvgIpc) is 2.06. The molecular weight excluding hydrogens is 146 g/mol. The molecule has 0 heterocycles. The quantitative estimate of drug-likeness (QED) is 0.728. The Morgan fingerprint density at radius 3 is 2.25 bits per heavy atom. The monoisotopic (exact) mass is 163 g/mol. The fraction of sp³-hybridized carbons (Fsp3) is 0.455. The molecule has 0 aliphatic heterocycles. The number of rotatable bonds is 3. The minimum Gasteiger partial charge on any atom is -0.324 e. The maximum Gasteiger partial charge on any atom is 0.0266 e. The third kappa shape index (κ3) is 2.35. The lowest BCUT2D eigenvalue weighted by atomic mass is 10.0. The molecule has 0 saturated carbocycles. The van der Waals surface area contributed by atoms with Crippen LogP contribution in [0.2, 0.25) is 0 Å². The van der Waals surface area contributed by atoms with Crippen LogP contribution in [0.1, 0.15) is 37.4 Å². The Balaban J connectivity index is 2.71. The molecule has 1 atom stereocenters. The average molecular weight is 163 g/mol. The molecule has 0 saturated heterocycles. The molecule has 1 heteroatoms. The molecule has 12 heavy (non-hydrogen) atoms. The van der Waals surface area contributed by atoms with Gasteiger partial charge in [-0.25, -0.2) is 0 Å². The zero-order chi connectivity index (χ0) is 8.97. The van der Waals surface area contributed by atoms with Crippen LogP contribution in [0.25, 0.3) is 0 Å². The fourth-order valence-electron chi connectivity index (χ4n) is 1.28. The van der Waals surface area contributed by atoms with E-state index in [2.05, 4.69) is 31.2 Å². The molecule has 2 N–H and O–H groups in total. The standard InChI is InChI=1S/C11H17N/c1-3-4-10-5-7-11(8-6-10)9(2)12/h5-9H,3-4,12H2,1-2H3. The second-order valence-electron chi connectivity index (χ2n) is 3.28. The van der Waals surface area contributed by atoms with Gasteiger partial charge in [0.15, 0.2) is 0 Å². The highest BCUT2D eigenvalue weighted by atomic mass is 14.6. The van der Waals surface area contributed by atoms with Gasteiger partial charge in [-0.2, -0.15) is 0 Å². The van der Waals surface area contributed by atoms with Gasteiger partial charge in [0.25, 0.3) is 0 Å². The second-order valence-corrected chi connectivity index (χ2v) is 3.28. The van der Waals surface area contributed by atoms with Gasteiger partial charge in [-0.05, 0) is 24.5 Å². The molecule has 1 aromatic rings. The summed E-state index contributed by atoms with van der Waals surface area (Å²) < 4.78 is 0. The third-order valence-electron chi connectivity index (χ3n) is 2.04. The van der Waals surface area contributed by atoms with Crippen molar-refractivity contribution < 1.29 is 0 Å². The molecule has 1 rings (SSSR count). The van der Waals surface area contributed by atoms with Crippen LogP contribution >= 0.6 is 0 Å². The molecule has 0 bridgehead atoms. The molecule has 0 aromatic heterocycles. The van der Waals surface area contributed by atoms with E-state index < -0.39 is 0 Å². The molecule has 0 aliphatic carbocycles. The van der Waals surface area contributed by atoms with Gasteiger partial charge < -0.3 is 5.73 Å². The molecule has 1 aromatic carbocycles. The van der Waals surface area contributed by atoms with Crippen molar-refractivity contribution in [2.24, 2.45) is 5.73 Å². The number of aryl methyl sites for hydroxylation is 1. The highest BCUT2D eigenvalue weighted by Crippen LogP contribution is 2.11. The topological polar surface area (TPSA) is 26.0 Å². The minimum atomic E-state index is 0.153. The van der Waals surface area contributed by atoms with Crippen LogP contribution in [0.3, 0.4) is 0 Å². The van der Waals surface area contributed by atoms with Gasteiger partial charge in [0.05, 0.1) is 0 Å². The van der Waals surface area contributed by atoms with E-state index in [1.54, 1.807) is 0 Å². The first-order chi connectivity index (χ1) is 5.74. The van der Waals surface area contributed by atoms with Crippen molar-refractivity contribution in [1.29, 1.82) is 0 Å². The van der Waals surface area contributed by atoms with Crippen molar-refractivity contribution in [3.05, 3.63) is 35.4 Å². The predicted molar refractivity (Wildman–Crippen MR) is 53.0 cm³/mol. The first-order valence-corrected chi connectivity index (χ1v) is 4.58. The van der Waals surface area contributed by atoms with Crippen molar-refractivity contribution in [3.63, 3.8) is 0 Å². The number of benzene rings is 1. The predicted octanol–water partition coefficient (Wildman–Crippen LogP) is 2.66. The highest BCUT2D eigenvalue weighted by Gasteiger charge is 1.97. The SMILES string of the molecule is CCCc1ccc(C(C)N)cc1. The van der Waals surface area contributed by atoms with E-state index >= 15 is 0 Å². The summed E-state index contributed by atoms with van der Waals surface area (Å²) in [7, 11) is 0. The minimum absolute atomic E-state index is 0.153. The summed E-state index contributed by atoms with van der Waals surface area (Å²) in [5.41, 5.74) is 8.36. The van der Waals surface area contributed by atoms with Crippen molar-refractivity contribution in [2.45, 2.75) is 32.7 Å².